The van der Waals surface area contributed by atoms with Crippen molar-refractivity contribution in [2.24, 2.45) is 4.99 Å². The molecule has 0 spiro atoms. The number of amides is 1. The zero-order chi connectivity index (χ0) is 21.2. The number of likely N-dealkylation sites (tertiary alicyclic amines) is 1. The smallest absolute Gasteiger partial charge is 0.225 e. The van der Waals surface area contributed by atoms with Gasteiger partial charge >= 0.3 is 0 Å². The molecule has 0 bridgehead atoms. The number of hydrogen-bond donors (Lipinski definition) is 2. The fourth-order valence-corrected chi connectivity index (χ4v) is 3.95. The predicted molar refractivity (Wildman–Crippen MR) is 120 cm³/mol. The second-order valence-corrected chi connectivity index (χ2v) is 7.81. The molecule has 0 saturated carbocycles. The molecule has 2 aliphatic rings. The van der Waals surface area contributed by atoms with E-state index in [-0.39, 0.29) is 11.9 Å². The van der Waals surface area contributed by atoms with Crippen LogP contribution in [0.1, 0.15) is 33.1 Å². The quantitative estimate of drug-likeness (QED) is 0.364. The highest BCUT2D eigenvalue weighted by Crippen LogP contribution is 2.11. The summed E-state index contributed by atoms with van der Waals surface area (Å²) in [5.41, 5.74) is 0. The van der Waals surface area contributed by atoms with Gasteiger partial charge in [0, 0.05) is 83.8 Å². The number of hydrogen-bond acceptors (Lipinski definition) is 6. The van der Waals surface area contributed by atoms with Gasteiger partial charge in [-0.1, -0.05) is 6.92 Å². The van der Waals surface area contributed by atoms with Crippen LogP contribution >= 0.6 is 0 Å². The zero-order valence-electron chi connectivity index (χ0n) is 18.4. The fourth-order valence-electron chi connectivity index (χ4n) is 3.95. The van der Waals surface area contributed by atoms with Gasteiger partial charge in [-0.05, 0) is 25.8 Å². The molecule has 1 aromatic rings. The van der Waals surface area contributed by atoms with Crippen molar-refractivity contribution in [3.05, 3.63) is 18.5 Å². The van der Waals surface area contributed by atoms with E-state index in [4.69, 9.17) is 4.99 Å². The highest BCUT2D eigenvalue weighted by molar-refractivity contribution is 5.80. The van der Waals surface area contributed by atoms with Gasteiger partial charge in [-0.15, -0.1) is 0 Å². The van der Waals surface area contributed by atoms with E-state index in [0.29, 0.717) is 6.42 Å². The van der Waals surface area contributed by atoms with E-state index in [1.54, 1.807) is 12.4 Å². The molecule has 3 heterocycles. The third-order valence-electron chi connectivity index (χ3n) is 5.64. The summed E-state index contributed by atoms with van der Waals surface area (Å²) < 4.78 is 0. The lowest BCUT2D eigenvalue weighted by atomic mass is 10.3. The maximum atomic E-state index is 11.9. The van der Waals surface area contributed by atoms with E-state index in [0.717, 1.165) is 83.7 Å². The lowest BCUT2D eigenvalue weighted by Crippen LogP contribution is -2.47. The first-order chi connectivity index (χ1) is 14.7. The monoisotopic (exact) mass is 416 g/mol. The maximum Gasteiger partial charge on any atom is 0.225 e. The van der Waals surface area contributed by atoms with E-state index >= 15 is 0 Å². The Labute approximate surface area is 179 Å². The number of nitrogens with zero attached hydrogens (tertiary/aromatic N) is 6. The van der Waals surface area contributed by atoms with Crippen molar-refractivity contribution in [3.63, 3.8) is 0 Å². The minimum atomic E-state index is 0.236. The van der Waals surface area contributed by atoms with Crippen LogP contribution < -0.4 is 15.5 Å². The van der Waals surface area contributed by atoms with E-state index in [2.05, 4.69) is 37.3 Å². The maximum absolute atomic E-state index is 11.9. The minimum Gasteiger partial charge on any atom is -0.357 e. The molecule has 2 N–H and O–H groups in total. The summed E-state index contributed by atoms with van der Waals surface area (Å²) in [5, 5.41) is 6.83. The number of aliphatic imine (C=N–C) groups is 1. The normalized spacial score (nSPS) is 20.5. The van der Waals surface area contributed by atoms with Crippen LogP contribution in [0.2, 0.25) is 0 Å². The van der Waals surface area contributed by atoms with Crippen LogP contribution in [0.15, 0.2) is 23.5 Å². The van der Waals surface area contributed by atoms with Crippen LogP contribution in [0.4, 0.5) is 5.95 Å². The average Bonchev–Trinajstić information content (AvgIpc) is 3.26. The Bertz CT molecular complexity index is 675. The van der Waals surface area contributed by atoms with Crippen molar-refractivity contribution in [1.82, 2.24) is 30.4 Å². The number of rotatable bonds is 8. The molecular weight excluding hydrogens is 380 g/mol. The molecule has 3 rings (SSSR count). The molecule has 1 unspecified atom stereocenters. The summed E-state index contributed by atoms with van der Waals surface area (Å²) in [6.45, 7) is 12.3. The van der Waals surface area contributed by atoms with Crippen LogP contribution in [-0.4, -0.2) is 96.6 Å². The summed E-state index contributed by atoms with van der Waals surface area (Å²) in [5.74, 6) is 1.92. The van der Waals surface area contributed by atoms with Crippen LogP contribution in [0.3, 0.4) is 0 Å². The standard InChI is InChI=1S/C21H36N8O/c1-3-19(30)29-12-7-18(17-29)26-20(22-4-2)23-10-6-11-27-13-15-28(16-14-27)21-24-8-5-9-25-21/h5,8-9,18H,3-4,6-7,10-17H2,1-2H3,(H2,22,23,26). The van der Waals surface area contributed by atoms with Gasteiger partial charge in [0.25, 0.3) is 0 Å². The summed E-state index contributed by atoms with van der Waals surface area (Å²) in [4.78, 5) is 32.0. The first kappa shape index (κ1) is 22.3. The molecule has 0 aromatic carbocycles. The lowest BCUT2D eigenvalue weighted by Gasteiger charge is -2.34. The number of carbonyl (C=O) groups excluding carboxylic acids is 1. The van der Waals surface area contributed by atoms with Gasteiger partial charge in [-0.2, -0.15) is 0 Å². The van der Waals surface area contributed by atoms with Gasteiger partial charge in [0.05, 0.1) is 0 Å². The lowest BCUT2D eigenvalue weighted by molar-refractivity contribution is -0.129. The molecule has 2 saturated heterocycles. The van der Waals surface area contributed by atoms with Crippen molar-refractivity contribution in [1.29, 1.82) is 0 Å². The van der Waals surface area contributed by atoms with Gasteiger partial charge in [0.1, 0.15) is 0 Å². The van der Waals surface area contributed by atoms with Crippen LogP contribution in [0, 0.1) is 0 Å². The number of anilines is 1. The summed E-state index contributed by atoms with van der Waals surface area (Å²) >= 11 is 0. The molecule has 166 valence electrons. The molecule has 1 amide bonds. The van der Waals surface area contributed by atoms with Crippen LogP contribution in [0.5, 0.6) is 0 Å². The molecule has 2 aliphatic heterocycles. The van der Waals surface area contributed by atoms with Gasteiger partial charge in [-0.3, -0.25) is 14.7 Å². The Balaban J connectivity index is 1.36. The molecule has 30 heavy (non-hydrogen) atoms. The number of carbonyl (C=O) groups is 1. The third-order valence-corrected chi connectivity index (χ3v) is 5.64. The summed E-state index contributed by atoms with van der Waals surface area (Å²) in [6.07, 6.45) is 6.18. The molecule has 0 radical (unpaired) electrons. The highest BCUT2D eigenvalue weighted by atomic mass is 16.2. The first-order valence-electron chi connectivity index (χ1n) is 11.3. The van der Waals surface area contributed by atoms with Gasteiger partial charge in [0.15, 0.2) is 5.96 Å². The van der Waals surface area contributed by atoms with E-state index in [1.165, 1.54) is 0 Å². The minimum absolute atomic E-state index is 0.236. The van der Waals surface area contributed by atoms with E-state index in [1.807, 2.05) is 17.9 Å². The Morgan fingerprint density at radius 1 is 1.17 bits per heavy atom. The van der Waals surface area contributed by atoms with Crippen LogP contribution in [0.25, 0.3) is 0 Å². The zero-order valence-corrected chi connectivity index (χ0v) is 18.4. The molecular formula is C21H36N8O. The largest absolute Gasteiger partial charge is 0.357 e. The van der Waals surface area contributed by atoms with Crippen molar-refractivity contribution >= 4 is 17.8 Å². The molecule has 1 atom stereocenters. The summed E-state index contributed by atoms with van der Waals surface area (Å²) in [6, 6.07) is 2.14. The molecule has 9 heteroatoms. The van der Waals surface area contributed by atoms with Crippen LogP contribution in [-0.2, 0) is 4.79 Å². The molecule has 1 aromatic heterocycles. The molecule has 9 nitrogen and oxygen atoms in total. The van der Waals surface area contributed by atoms with Gasteiger partial charge in [-0.25, -0.2) is 9.97 Å². The van der Waals surface area contributed by atoms with Gasteiger partial charge < -0.3 is 20.4 Å². The third kappa shape index (κ3) is 6.55. The molecule has 0 aliphatic carbocycles. The second kappa shape index (κ2) is 11.7. The van der Waals surface area contributed by atoms with Crippen molar-refractivity contribution in [2.75, 3.05) is 63.8 Å². The van der Waals surface area contributed by atoms with Crippen molar-refractivity contribution in [2.45, 2.75) is 39.2 Å². The number of guanidine groups is 1. The van der Waals surface area contributed by atoms with E-state index in [9.17, 15) is 4.79 Å². The predicted octanol–water partition coefficient (Wildman–Crippen LogP) is 0.555. The van der Waals surface area contributed by atoms with Gasteiger partial charge in [0.2, 0.25) is 11.9 Å². The Hall–Kier alpha value is -2.42. The topological polar surface area (TPSA) is 89.0 Å². The highest BCUT2D eigenvalue weighted by Gasteiger charge is 2.25. The molecule has 2 fully saturated rings. The van der Waals surface area contributed by atoms with E-state index < -0.39 is 0 Å². The Morgan fingerprint density at radius 2 is 1.93 bits per heavy atom. The first-order valence-corrected chi connectivity index (χ1v) is 11.3. The van der Waals surface area contributed by atoms with Crippen molar-refractivity contribution in [3.8, 4) is 0 Å². The SMILES string of the molecule is CCNC(=NCCCN1CCN(c2ncccn2)CC1)NC1CCN(C(=O)CC)C1. The second-order valence-electron chi connectivity index (χ2n) is 7.81. The summed E-state index contributed by atoms with van der Waals surface area (Å²) in [7, 11) is 0. The average molecular weight is 417 g/mol. The Morgan fingerprint density at radius 3 is 2.63 bits per heavy atom. The number of nitrogens with one attached hydrogen (secondary N) is 2. The van der Waals surface area contributed by atoms with Crippen molar-refractivity contribution < 1.29 is 4.79 Å². The Kier molecular flexibility index (Phi) is 8.67. The number of aromatic nitrogens is 2. The fraction of sp³-hybridized carbons (Fsp3) is 0.714. The number of piperazine rings is 1.